The number of fused-ring (bicyclic) bond motifs is 1. The highest BCUT2D eigenvalue weighted by atomic mass is 14.8. The van der Waals surface area contributed by atoms with E-state index in [-0.39, 0.29) is 1.43 Å². The molecule has 0 atom stereocenters. The zero-order chi connectivity index (χ0) is 16.4. The molecular weight excluding hydrogens is 292 g/mol. The molecule has 0 fully saturated rings. The maximum Gasteiger partial charge on any atom is 0.0973 e. The largest absolute Gasteiger partial charge is 0.244 e. The van der Waals surface area contributed by atoms with Crippen LogP contribution in [0.25, 0.3) is 33.5 Å². The summed E-state index contributed by atoms with van der Waals surface area (Å²) in [6.07, 6.45) is 1.04. The summed E-state index contributed by atoms with van der Waals surface area (Å²) in [5, 5.41) is 0. The molecule has 0 amide bonds. The third-order valence-electron chi connectivity index (χ3n) is 4.25. The summed E-state index contributed by atoms with van der Waals surface area (Å²) in [6.45, 7) is 2.17. The van der Waals surface area contributed by atoms with Gasteiger partial charge >= 0.3 is 0 Å². The number of hydrogen-bond acceptors (Lipinski definition) is 2. The van der Waals surface area contributed by atoms with Crippen LogP contribution in [0, 0.1) is 0 Å². The topological polar surface area (TPSA) is 25.8 Å². The smallest absolute Gasteiger partial charge is 0.0973 e. The number of nitrogens with zero attached hydrogens (tertiary/aromatic N) is 2. The molecule has 0 unspecified atom stereocenters. The van der Waals surface area contributed by atoms with Gasteiger partial charge in [0.2, 0.25) is 0 Å². The Morgan fingerprint density at radius 2 is 1.12 bits per heavy atom. The van der Waals surface area contributed by atoms with E-state index < -0.39 is 0 Å². The lowest BCUT2D eigenvalue weighted by molar-refractivity contribution is 1.14. The van der Waals surface area contributed by atoms with Gasteiger partial charge in [-0.1, -0.05) is 73.7 Å². The van der Waals surface area contributed by atoms with Crippen molar-refractivity contribution in [2.75, 3.05) is 0 Å². The van der Waals surface area contributed by atoms with Crippen LogP contribution in [0.3, 0.4) is 0 Å². The molecule has 4 aromatic rings. The van der Waals surface area contributed by atoms with Gasteiger partial charge in [0, 0.05) is 12.6 Å². The van der Waals surface area contributed by atoms with E-state index in [2.05, 4.69) is 43.3 Å². The standard InChI is InChI=1S/C22H18N2.H2/c1-2-16-12-14-18(15-13-16)22-21(17-8-4-3-5-9-17)23-19-10-6-7-11-20(19)24-22;/h3-15H,2H2,1H3;1H. The SMILES string of the molecule is CCc1ccc(-c2nc3ccccc3nc2-c2ccccc2)cc1.[HH]. The van der Waals surface area contributed by atoms with Crippen molar-refractivity contribution >= 4 is 11.0 Å². The predicted octanol–water partition coefficient (Wildman–Crippen LogP) is 5.77. The molecule has 0 saturated carbocycles. The first-order valence-electron chi connectivity index (χ1n) is 8.26. The average molecular weight is 312 g/mol. The van der Waals surface area contributed by atoms with Crippen LogP contribution in [-0.2, 0) is 6.42 Å². The van der Waals surface area contributed by atoms with Crippen molar-refractivity contribution in [2.24, 2.45) is 0 Å². The summed E-state index contributed by atoms with van der Waals surface area (Å²) in [6, 6.07) is 26.9. The first-order chi connectivity index (χ1) is 11.8. The molecule has 0 radical (unpaired) electrons. The van der Waals surface area contributed by atoms with Gasteiger partial charge in [-0.05, 0) is 24.1 Å². The maximum atomic E-state index is 4.91. The lowest BCUT2D eigenvalue weighted by Gasteiger charge is -2.11. The number of rotatable bonds is 3. The lowest BCUT2D eigenvalue weighted by Crippen LogP contribution is -1.95. The second-order valence-corrected chi connectivity index (χ2v) is 5.83. The molecule has 1 aromatic heterocycles. The number of para-hydroxylation sites is 2. The Morgan fingerprint density at radius 3 is 1.67 bits per heavy atom. The highest BCUT2D eigenvalue weighted by Gasteiger charge is 2.12. The van der Waals surface area contributed by atoms with Gasteiger partial charge < -0.3 is 0 Å². The normalized spacial score (nSPS) is 10.9. The van der Waals surface area contributed by atoms with Gasteiger partial charge in [-0.15, -0.1) is 0 Å². The quantitative estimate of drug-likeness (QED) is 0.480. The molecule has 0 spiro atoms. The molecule has 0 N–H and O–H groups in total. The zero-order valence-electron chi connectivity index (χ0n) is 13.6. The minimum absolute atomic E-state index is 0. The van der Waals surface area contributed by atoms with Crippen LogP contribution < -0.4 is 0 Å². The van der Waals surface area contributed by atoms with Crippen molar-refractivity contribution in [1.82, 2.24) is 9.97 Å². The maximum absolute atomic E-state index is 4.91. The van der Waals surface area contributed by atoms with Gasteiger partial charge in [-0.2, -0.15) is 0 Å². The Hall–Kier alpha value is -3.00. The summed E-state index contributed by atoms with van der Waals surface area (Å²) in [7, 11) is 0. The molecule has 0 aliphatic heterocycles. The minimum Gasteiger partial charge on any atom is -0.244 e. The molecule has 0 aliphatic carbocycles. The fourth-order valence-electron chi connectivity index (χ4n) is 2.90. The van der Waals surface area contributed by atoms with E-state index in [0.29, 0.717) is 0 Å². The van der Waals surface area contributed by atoms with Crippen molar-refractivity contribution in [1.29, 1.82) is 0 Å². The highest BCUT2D eigenvalue weighted by Crippen LogP contribution is 2.31. The third kappa shape index (κ3) is 2.67. The van der Waals surface area contributed by atoms with Gasteiger partial charge in [0.25, 0.3) is 0 Å². The highest BCUT2D eigenvalue weighted by molar-refractivity contribution is 5.86. The molecule has 3 aromatic carbocycles. The average Bonchev–Trinajstić information content (AvgIpc) is 2.68. The summed E-state index contributed by atoms with van der Waals surface area (Å²) in [5.41, 5.74) is 7.22. The summed E-state index contributed by atoms with van der Waals surface area (Å²) in [5.74, 6) is 0. The van der Waals surface area contributed by atoms with Gasteiger partial charge in [-0.25, -0.2) is 9.97 Å². The Kier molecular flexibility index (Phi) is 3.80. The second-order valence-electron chi connectivity index (χ2n) is 5.83. The van der Waals surface area contributed by atoms with Crippen molar-refractivity contribution in [3.63, 3.8) is 0 Å². The van der Waals surface area contributed by atoms with E-state index in [9.17, 15) is 0 Å². The van der Waals surface area contributed by atoms with Crippen molar-refractivity contribution in [3.05, 3.63) is 84.4 Å². The Morgan fingerprint density at radius 1 is 0.625 bits per heavy atom. The van der Waals surface area contributed by atoms with E-state index in [1.807, 2.05) is 42.5 Å². The molecular formula is C22H20N2. The number of hydrogen-bond donors (Lipinski definition) is 0. The first-order valence-corrected chi connectivity index (χ1v) is 8.26. The predicted molar refractivity (Wildman–Crippen MR) is 102 cm³/mol. The van der Waals surface area contributed by atoms with Crippen LogP contribution in [0.1, 0.15) is 13.9 Å². The molecule has 2 nitrogen and oxygen atoms in total. The van der Waals surface area contributed by atoms with Crippen LogP contribution in [0.15, 0.2) is 78.9 Å². The number of benzene rings is 3. The lowest BCUT2D eigenvalue weighted by atomic mass is 10.0. The molecule has 24 heavy (non-hydrogen) atoms. The van der Waals surface area contributed by atoms with Crippen LogP contribution in [0.5, 0.6) is 0 Å². The second kappa shape index (κ2) is 6.25. The van der Waals surface area contributed by atoms with E-state index in [1.165, 1.54) is 5.56 Å². The molecule has 1 heterocycles. The van der Waals surface area contributed by atoms with Crippen molar-refractivity contribution in [2.45, 2.75) is 13.3 Å². The summed E-state index contributed by atoms with van der Waals surface area (Å²) >= 11 is 0. The molecule has 0 aliphatic rings. The molecule has 0 saturated heterocycles. The van der Waals surface area contributed by atoms with Gasteiger partial charge in [0.1, 0.15) is 0 Å². The number of aromatic nitrogens is 2. The minimum atomic E-state index is 0. The fraction of sp³-hybridized carbons (Fsp3) is 0.0909. The number of aryl methyl sites for hydroxylation is 1. The Bertz CT molecular complexity index is 980. The van der Waals surface area contributed by atoms with Crippen LogP contribution in [0.4, 0.5) is 0 Å². The van der Waals surface area contributed by atoms with E-state index in [1.54, 1.807) is 0 Å². The zero-order valence-corrected chi connectivity index (χ0v) is 13.6. The van der Waals surface area contributed by atoms with E-state index in [0.717, 1.165) is 40.0 Å². The van der Waals surface area contributed by atoms with E-state index in [4.69, 9.17) is 9.97 Å². The van der Waals surface area contributed by atoms with Gasteiger partial charge in [-0.3, -0.25) is 0 Å². The van der Waals surface area contributed by atoms with Crippen LogP contribution >= 0.6 is 0 Å². The first kappa shape index (κ1) is 14.6. The van der Waals surface area contributed by atoms with Gasteiger partial charge in [0.05, 0.1) is 22.4 Å². The third-order valence-corrected chi connectivity index (χ3v) is 4.25. The fourth-order valence-corrected chi connectivity index (χ4v) is 2.90. The van der Waals surface area contributed by atoms with Crippen molar-refractivity contribution in [3.8, 4) is 22.5 Å². The van der Waals surface area contributed by atoms with Crippen LogP contribution in [-0.4, -0.2) is 9.97 Å². The van der Waals surface area contributed by atoms with Gasteiger partial charge in [0.15, 0.2) is 0 Å². The molecule has 0 bridgehead atoms. The Labute approximate surface area is 143 Å². The summed E-state index contributed by atoms with van der Waals surface area (Å²) in [4.78, 5) is 9.82. The molecule has 2 heteroatoms. The van der Waals surface area contributed by atoms with E-state index >= 15 is 0 Å². The van der Waals surface area contributed by atoms with Crippen molar-refractivity contribution < 1.29 is 1.43 Å². The van der Waals surface area contributed by atoms with Crippen LogP contribution in [0.2, 0.25) is 0 Å². The summed E-state index contributed by atoms with van der Waals surface area (Å²) < 4.78 is 0. The monoisotopic (exact) mass is 312 g/mol. The molecule has 4 rings (SSSR count). The Balaban J connectivity index is 0.00000182. The molecule has 118 valence electrons.